The minimum absolute atomic E-state index is 0.159. The van der Waals surface area contributed by atoms with E-state index in [9.17, 15) is 5.11 Å². The fourth-order valence-electron chi connectivity index (χ4n) is 2.85. The first-order chi connectivity index (χ1) is 6.40. The largest absolute Gasteiger partial charge is 0.389 e. The van der Waals surface area contributed by atoms with Gasteiger partial charge in [0, 0.05) is 6.42 Å². The smallest absolute Gasteiger partial charge is 0.0789 e. The second kappa shape index (κ2) is 3.95. The van der Waals surface area contributed by atoms with Crippen molar-refractivity contribution >= 4 is 0 Å². The van der Waals surface area contributed by atoms with Gasteiger partial charge in [0.25, 0.3) is 0 Å². The molecule has 1 heteroatoms. The number of rotatable bonds is 1. The molecule has 1 rings (SSSR count). The summed E-state index contributed by atoms with van der Waals surface area (Å²) in [5.74, 6) is 2.98. The highest BCUT2D eigenvalue weighted by Crippen LogP contribution is 2.45. The van der Waals surface area contributed by atoms with E-state index in [0.717, 1.165) is 19.3 Å². The molecule has 0 aromatic heterocycles. The van der Waals surface area contributed by atoms with E-state index in [4.69, 9.17) is 6.42 Å². The fraction of sp³-hybridized carbons (Fsp3) is 0.846. The third-order valence-electron chi connectivity index (χ3n) is 3.45. The van der Waals surface area contributed by atoms with Crippen LogP contribution < -0.4 is 0 Å². The first-order valence-corrected chi connectivity index (χ1v) is 5.56. The Morgan fingerprint density at radius 3 is 2.57 bits per heavy atom. The first-order valence-electron chi connectivity index (χ1n) is 5.56. The van der Waals surface area contributed by atoms with Crippen molar-refractivity contribution in [2.75, 3.05) is 0 Å². The minimum Gasteiger partial charge on any atom is -0.389 e. The lowest BCUT2D eigenvalue weighted by molar-refractivity contribution is -0.0855. The van der Waals surface area contributed by atoms with E-state index in [1.54, 1.807) is 0 Å². The van der Waals surface area contributed by atoms with Crippen LogP contribution in [0.2, 0.25) is 0 Å². The molecule has 0 saturated heterocycles. The van der Waals surface area contributed by atoms with Gasteiger partial charge in [0.05, 0.1) is 5.60 Å². The van der Waals surface area contributed by atoms with Gasteiger partial charge in [-0.05, 0) is 24.2 Å². The molecule has 1 N–H and O–H groups in total. The van der Waals surface area contributed by atoms with E-state index >= 15 is 0 Å². The molecular weight excluding hydrogens is 172 g/mol. The second-order valence-corrected chi connectivity index (χ2v) is 5.65. The van der Waals surface area contributed by atoms with E-state index in [1.165, 1.54) is 6.42 Å². The van der Waals surface area contributed by atoms with Crippen LogP contribution in [-0.2, 0) is 0 Å². The molecule has 0 radical (unpaired) electrons. The number of hydrogen-bond acceptors (Lipinski definition) is 1. The molecule has 1 fully saturated rings. The van der Waals surface area contributed by atoms with Crippen LogP contribution in [0.3, 0.4) is 0 Å². The molecule has 2 atom stereocenters. The van der Waals surface area contributed by atoms with Gasteiger partial charge in [-0.3, -0.25) is 0 Å². The highest BCUT2D eigenvalue weighted by atomic mass is 16.3. The van der Waals surface area contributed by atoms with Crippen LogP contribution in [0.25, 0.3) is 0 Å². The summed E-state index contributed by atoms with van der Waals surface area (Å²) < 4.78 is 0. The Hall–Kier alpha value is -0.480. The molecule has 0 aliphatic heterocycles. The fourth-order valence-corrected chi connectivity index (χ4v) is 2.85. The molecule has 80 valence electrons. The van der Waals surface area contributed by atoms with Crippen molar-refractivity contribution in [2.24, 2.45) is 11.3 Å². The summed E-state index contributed by atoms with van der Waals surface area (Å²) in [6, 6.07) is 0. The SMILES string of the molecule is C#CCC1(O)CCCCC1C(C)(C)C. The van der Waals surface area contributed by atoms with Gasteiger partial charge in [-0.15, -0.1) is 12.3 Å². The van der Waals surface area contributed by atoms with Crippen molar-refractivity contribution < 1.29 is 5.11 Å². The van der Waals surface area contributed by atoms with Crippen molar-refractivity contribution in [2.45, 2.75) is 58.5 Å². The molecule has 0 heterocycles. The molecule has 0 aromatic carbocycles. The van der Waals surface area contributed by atoms with Gasteiger partial charge in [-0.1, -0.05) is 33.6 Å². The third-order valence-corrected chi connectivity index (χ3v) is 3.45. The van der Waals surface area contributed by atoms with Crippen LogP contribution in [0.5, 0.6) is 0 Å². The molecule has 14 heavy (non-hydrogen) atoms. The lowest BCUT2D eigenvalue weighted by Gasteiger charge is -2.46. The highest BCUT2D eigenvalue weighted by Gasteiger charge is 2.44. The Balaban J connectivity index is 2.84. The number of hydrogen-bond donors (Lipinski definition) is 1. The van der Waals surface area contributed by atoms with Crippen LogP contribution in [0.4, 0.5) is 0 Å². The molecular formula is C13H22O. The average molecular weight is 194 g/mol. The first kappa shape index (κ1) is 11.6. The predicted octanol–water partition coefficient (Wildman–Crippen LogP) is 2.98. The summed E-state index contributed by atoms with van der Waals surface area (Å²) in [5.41, 5.74) is -0.447. The zero-order valence-corrected chi connectivity index (χ0v) is 9.64. The van der Waals surface area contributed by atoms with Gasteiger partial charge >= 0.3 is 0 Å². The summed E-state index contributed by atoms with van der Waals surface area (Å²) in [7, 11) is 0. The lowest BCUT2D eigenvalue weighted by atomic mass is 9.63. The molecule has 0 spiro atoms. The van der Waals surface area contributed by atoms with Crippen molar-refractivity contribution in [3.63, 3.8) is 0 Å². The van der Waals surface area contributed by atoms with Crippen LogP contribution in [-0.4, -0.2) is 10.7 Å². The Kier molecular flexibility index (Phi) is 3.27. The van der Waals surface area contributed by atoms with E-state index in [0.29, 0.717) is 12.3 Å². The van der Waals surface area contributed by atoms with E-state index in [-0.39, 0.29) is 5.41 Å². The second-order valence-electron chi connectivity index (χ2n) is 5.65. The quantitative estimate of drug-likeness (QED) is 0.636. The predicted molar refractivity (Wildman–Crippen MR) is 59.8 cm³/mol. The lowest BCUT2D eigenvalue weighted by Crippen LogP contribution is -2.46. The van der Waals surface area contributed by atoms with Gasteiger partial charge in [0.1, 0.15) is 0 Å². The van der Waals surface area contributed by atoms with E-state index < -0.39 is 5.60 Å². The van der Waals surface area contributed by atoms with E-state index in [2.05, 4.69) is 26.7 Å². The van der Waals surface area contributed by atoms with Crippen molar-refractivity contribution in [1.82, 2.24) is 0 Å². The Labute approximate surface area is 87.9 Å². The third kappa shape index (κ3) is 2.30. The Morgan fingerprint density at radius 1 is 1.43 bits per heavy atom. The van der Waals surface area contributed by atoms with Gasteiger partial charge in [0.15, 0.2) is 0 Å². The highest BCUT2D eigenvalue weighted by molar-refractivity contribution is 5.03. The normalized spacial score (nSPS) is 33.8. The standard InChI is InChI=1S/C13H22O/c1-5-9-13(14)10-7-6-8-11(13)12(2,3)4/h1,11,14H,6-10H2,2-4H3. The zero-order valence-electron chi connectivity index (χ0n) is 9.64. The molecule has 1 aliphatic rings. The summed E-state index contributed by atoms with van der Waals surface area (Å²) in [6.07, 6.45) is 10.2. The van der Waals surface area contributed by atoms with Crippen LogP contribution in [0.1, 0.15) is 52.9 Å². The molecule has 0 amide bonds. The van der Waals surface area contributed by atoms with Gasteiger partial charge < -0.3 is 5.11 Å². The van der Waals surface area contributed by atoms with Crippen molar-refractivity contribution in [3.8, 4) is 12.3 Å². The maximum absolute atomic E-state index is 10.5. The van der Waals surface area contributed by atoms with Gasteiger partial charge in [0.2, 0.25) is 0 Å². The maximum Gasteiger partial charge on any atom is 0.0789 e. The molecule has 0 bridgehead atoms. The average Bonchev–Trinajstić information content (AvgIpc) is 2.02. The number of terminal acetylenes is 1. The number of aliphatic hydroxyl groups is 1. The van der Waals surface area contributed by atoms with Crippen molar-refractivity contribution in [1.29, 1.82) is 0 Å². The minimum atomic E-state index is -0.606. The van der Waals surface area contributed by atoms with Crippen LogP contribution >= 0.6 is 0 Å². The van der Waals surface area contributed by atoms with Gasteiger partial charge in [-0.25, -0.2) is 0 Å². The molecule has 2 unspecified atom stereocenters. The topological polar surface area (TPSA) is 20.2 Å². The monoisotopic (exact) mass is 194 g/mol. The Bertz CT molecular complexity index is 231. The molecule has 1 aliphatic carbocycles. The van der Waals surface area contributed by atoms with Crippen LogP contribution in [0, 0.1) is 23.7 Å². The molecule has 1 nitrogen and oxygen atoms in total. The van der Waals surface area contributed by atoms with Crippen molar-refractivity contribution in [3.05, 3.63) is 0 Å². The summed E-state index contributed by atoms with van der Waals surface area (Å²) in [4.78, 5) is 0. The summed E-state index contributed by atoms with van der Waals surface area (Å²) >= 11 is 0. The molecule has 1 saturated carbocycles. The summed E-state index contributed by atoms with van der Waals surface area (Å²) in [5, 5.41) is 10.5. The van der Waals surface area contributed by atoms with Crippen LogP contribution in [0.15, 0.2) is 0 Å². The van der Waals surface area contributed by atoms with Gasteiger partial charge in [-0.2, -0.15) is 0 Å². The summed E-state index contributed by atoms with van der Waals surface area (Å²) in [6.45, 7) is 6.60. The maximum atomic E-state index is 10.5. The molecule has 0 aromatic rings. The van der Waals surface area contributed by atoms with E-state index in [1.807, 2.05) is 0 Å². The Morgan fingerprint density at radius 2 is 2.07 bits per heavy atom. The zero-order chi connectivity index (χ0) is 10.8.